The van der Waals surface area contributed by atoms with Gasteiger partial charge in [0.1, 0.15) is 0 Å². The van der Waals surface area contributed by atoms with Crippen molar-refractivity contribution in [2.75, 3.05) is 5.32 Å². The van der Waals surface area contributed by atoms with Crippen LogP contribution in [0.5, 0.6) is 0 Å². The highest BCUT2D eigenvalue weighted by molar-refractivity contribution is 5.93. The van der Waals surface area contributed by atoms with E-state index in [4.69, 9.17) is 0 Å². The number of anilines is 1. The Kier molecular flexibility index (Phi) is 4.61. The zero-order chi connectivity index (χ0) is 19.0. The van der Waals surface area contributed by atoms with Crippen LogP contribution in [0.3, 0.4) is 0 Å². The number of nitrogens with one attached hydrogen (secondary N) is 1. The zero-order valence-electron chi connectivity index (χ0n) is 16.6. The lowest BCUT2D eigenvalue weighted by atomic mass is 9.86. The standard InChI is InChI=1S/C26H27N/c1-17-18(2)20(4)26(19(17)3)24-15-14-21-10-8-9-13-23(21)25(24)16-27-22-11-6-5-7-12-22/h5-15,19,27H,16H2,1-4H3. The van der Waals surface area contributed by atoms with Gasteiger partial charge in [0.05, 0.1) is 0 Å². The van der Waals surface area contributed by atoms with Gasteiger partial charge in [0, 0.05) is 18.2 Å². The Hall–Kier alpha value is -2.80. The Morgan fingerprint density at radius 3 is 2.19 bits per heavy atom. The highest BCUT2D eigenvalue weighted by Crippen LogP contribution is 2.44. The van der Waals surface area contributed by atoms with Crippen LogP contribution in [0.2, 0.25) is 0 Å². The molecule has 0 aromatic heterocycles. The second kappa shape index (κ2) is 7.08. The molecule has 1 aliphatic carbocycles. The van der Waals surface area contributed by atoms with Gasteiger partial charge in [-0.2, -0.15) is 0 Å². The smallest absolute Gasteiger partial charge is 0.0413 e. The molecular weight excluding hydrogens is 326 g/mol. The summed E-state index contributed by atoms with van der Waals surface area (Å²) in [6, 6.07) is 23.8. The molecule has 0 radical (unpaired) electrons. The SMILES string of the molecule is CC1=C(C)C(C)C(c2ccc3ccccc3c2CNc2ccccc2)=C1C. The van der Waals surface area contributed by atoms with E-state index in [0.717, 1.165) is 12.2 Å². The van der Waals surface area contributed by atoms with E-state index in [0.29, 0.717) is 5.92 Å². The molecule has 0 heterocycles. The second-order valence-corrected chi connectivity index (χ2v) is 7.60. The number of benzene rings is 3. The van der Waals surface area contributed by atoms with Crippen LogP contribution in [-0.2, 0) is 6.54 Å². The molecule has 0 spiro atoms. The van der Waals surface area contributed by atoms with Crippen molar-refractivity contribution in [3.8, 4) is 0 Å². The largest absolute Gasteiger partial charge is 0.381 e. The van der Waals surface area contributed by atoms with E-state index >= 15 is 0 Å². The summed E-state index contributed by atoms with van der Waals surface area (Å²) >= 11 is 0. The van der Waals surface area contributed by atoms with Crippen LogP contribution in [0.25, 0.3) is 16.3 Å². The number of rotatable bonds is 4. The first kappa shape index (κ1) is 17.6. The third kappa shape index (κ3) is 3.08. The molecule has 1 heteroatoms. The Morgan fingerprint density at radius 2 is 1.48 bits per heavy atom. The first-order chi connectivity index (χ1) is 13.1. The molecule has 1 N–H and O–H groups in total. The molecule has 1 nitrogen and oxygen atoms in total. The molecule has 136 valence electrons. The minimum atomic E-state index is 0.474. The lowest BCUT2D eigenvalue weighted by molar-refractivity contribution is 0.892. The van der Waals surface area contributed by atoms with E-state index in [1.807, 2.05) is 0 Å². The van der Waals surface area contributed by atoms with Crippen molar-refractivity contribution in [3.63, 3.8) is 0 Å². The Morgan fingerprint density at radius 1 is 0.778 bits per heavy atom. The molecule has 1 aliphatic rings. The van der Waals surface area contributed by atoms with E-state index in [1.54, 1.807) is 0 Å². The molecule has 27 heavy (non-hydrogen) atoms. The molecule has 0 aliphatic heterocycles. The molecule has 3 aromatic rings. The van der Waals surface area contributed by atoms with Crippen LogP contribution in [0, 0.1) is 5.92 Å². The molecular formula is C26H27N. The van der Waals surface area contributed by atoms with Gasteiger partial charge in [0.15, 0.2) is 0 Å². The Bertz CT molecular complexity index is 1050. The summed E-state index contributed by atoms with van der Waals surface area (Å²) in [6.45, 7) is 9.98. The third-order valence-electron chi connectivity index (χ3n) is 6.21. The minimum absolute atomic E-state index is 0.474. The summed E-state index contributed by atoms with van der Waals surface area (Å²) in [5.41, 5.74) is 9.81. The average Bonchev–Trinajstić information content (AvgIpc) is 2.90. The molecule has 4 rings (SSSR count). The van der Waals surface area contributed by atoms with Crippen LogP contribution < -0.4 is 5.32 Å². The van der Waals surface area contributed by atoms with E-state index in [2.05, 4.69) is 99.7 Å². The molecule has 0 saturated carbocycles. The van der Waals surface area contributed by atoms with Crippen LogP contribution >= 0.6 is 0 Å². The molecule has 0 bridgehead atoms. The second-order valence-electron chi connectivity index (χ2n) is 7.60. The fraction of sp³-hybridized carbons (Fsp3) is 0.231. The lowest BCUT2D eigenvalue weighted by Crippen LogP contribution is -2.06. The number of para-hydroxylation sites is 1. The van der Waals surface area contributed by atoms with Crippen molar-refractivity contribution in [1.82, 2.24) is 0 Å². The van der Waals surface area contributed by atoms with Crippen LogP contribution in [-0.4, -0.2) is 0 Å². The van der Waals surface area contributed by atoms with Gasteiger partial charge < -0.3 is 5.32 Å². The van der Waals surface area contributed by atoms with E-state index in [1.165, 1.54) is 44.2 Å². The predicted molar refractivity (Wildman–Crippen MR) is 118 cm³/mol. The zero-order valence-corrected chi connectivity index (χ0v) is 16.6. The van der Waals surface area contributed by atoms with Gasteiger partial charge in [-0.05, 0) is 71.5 Å². The van der Waals surface area contributed by atoms with Gasteiger partial charge in [-0.3, -0.25) is 0 Å². The molecule has 1 unspecified atom stereocenters. The number of fused-ring (bicyclic) bond motifs is 1. The summed E-state index contributed by atoms with van der Waals surface area (Å²) in [4.78, 5) is 0. The monoisotopic (exact) mass is 353 g/mol. The van der Waals surface area contributed by atoms with Gasteiger partial charge in [-0.15, -0.1) is 0 Å². The summed E-state index contributed by atoms with van der Waals surface area (Å²) in [5, 5.41) is 6.28. The van der Waals surface area contributed by atoms with Crippen molar-refractivity contribution in [3.05, 3.63) is 94.6 Å². The average molecular weight is 354 g/mol. The quantitative estimate of drug-likeness (QED) is 0.522. The minimum Gasteiger partial charge on any atom is -0.381 e. The van der Waals surface area contributed by atoms with Crippen molar-refractivity contribution in [1.29, 1.82) is 0 Å². The highest BCUT2D eigenvalue weighted by atomic mass is 14.9. The van der Waals surface area contributed by atoms with Crippen LogP contribution in [0.4, 0.5) is 5.69 Å². The molecule has 0 saturated heterocycles. The molecule has 1 atom stereocenters. The normalized spacial score (nSPS) is 17.1. The van der Waals surface area contributed by atoms with Gasteiger partial charge in [-0.25, -0.2) is 0 Å². The summed E-state index contributed by atoms with van der Waals surface area (Å²) in [7, 11) is 0. The number of allylic oxidation sites excluding steroid dienone is 4. The molecule has 0 amide bonds. The summed E-state index contributed by atoms with van der Waals surface area (Å²) in [5.74, 6) is 0.474. The molecule has 3 aromatic carbocycles. The van der Waals surface area contributed by atoms with Crippen LogP contribution in [0.15, 0.2) is 83.4 Å². The maximum atomic E-state index is 3.63. The number of hydrogen-bond donors (Lipinski definition) is 1. The van der Waals surface area contributed by atoms with Gasteiger partial charge in [-0.1, -0.05) is 67.1 Å². The highest BCUT2D eigenvalue weighted by Gasteiger charge is 2.26. The van der Waals surface area contributed by atoms with E-state index < -0.39 is 0 Å². The number of hydrogen-bond acceptors (Lipinski definition) is 1. The Labute approximate surface area is 162 Å². The van der Waals surface area contributed by atoms with E-state index in [-0.39, 0.29) is 0 Å². The van der Waals surface area contributed by atoms with Crippen molar-refractivity contribution < 1.29 is 0 Å². The first-order valence-corrected chi connectivity index (χ1v) is 9.76. The van der Waals surface area contributed by atoms with Gasteiger partial charge >= 0.3 is 0 Å². The van der Waals surface area contributed by atoms with Crippen molar-refractivity contribution >= 4 is 22.0 Å². The lowest BCUT2D eigenvalue weighted by Gasteiger charge is -2.20. The maximum absolute atomic E-state index is 3.63. The fourth-order valence-electron chi connectivity index (χ4n) is 4.32. The van der Waals surface area contributed by atoms with Gasteiger partial charge in [0.2, 0.25) is 0 Å². The van der Waals surface area contributed by atoms with Gasteiger partial charge in [0.25, 0.3) is 0 Å². The Balaban J connectivity index is 1.84. The summed E-state index contributed by atoms with van der Waals surface area (Å²) in [6.07, 6.45) is 0. The van der Waals surface area contributed by atoms with Crippen molar-refractivity contribution in [2.24, 2.45) is 5.92 Å². The van der Waals surface area contributed by atoms with E-state index in [9.17, 15) is 0 Å². The predicted octanol–water partition coefficient (Wildman–Crippen LogP) is 7.21. The molecule has 0 fully saturated rings. The summed E-state index contributed by atoms with van der Waals surface area (Å²) < 4.78 is 0. The topological polar surface area (TPSA) is 12.0 Å². The van der Waals surface area contributed by atoms with Crippen LogP contribution in [0.1, 0.15) is 38.8 Å². The van der Waals surface area contributed by atoms with Crippen molar-refractivity contribution in [2.45, 2.75) is 34.2 Å². The third-order valence-corrected chi connectivity index (χ3v) is 6.21. The fourth-order valence-corrected chi connectivity index (χ4v) is 4.32. The first-order valence-electron chi connectivity index (χ1n) is 9.76. The maximum Gasteiger partial charge on any atom is 0.0413 e.